The summed E-state index contributed by atoms with van der Waals surface area (Å²) in [6.45, 7) is 3.32. The van der Waals surface area contributed by atoms with Gasteiger partial charge in [0.1, 0.15) is 6.61 Å². The standard InChI is InChI=1S/C15H22N4O4S/c1-11-10-23-15(20)19(11)14-13(16-5-6-17-14)9-12-3-7-18(8-4-12)24(2,21)22/h5-6,11-12H,3-4,7-10H2,1-2H3/t11-/m0/s1. The maximum absolute atomic E-state index is 11.9. The Balaban J connectivity index is 1.72. The lowest BCUT2D eigenvalue weighted by atomic mass is 9.93. The molecule has 8 nitrogen and oxygen atoms in total. The molecule has 2 saturated heterocycles. The minimum Gasteiger partial charge on any atom is -0.447 e. The van der Waals surface area contributed by atoms with Crippen molar-refractivity contribution >= 4 is 21.9 Å². The molecular formula is C15H22N4O4S. The smallest absolute Gasteiger partial charge is 0.415 e. The Hall–Kier alpha value is -1.74. The lowest BCUT2D eigenvalue weighted by Gasteiger charge is -2.30. The highest BCUT2D eigenvalue weighted by molar-refractivity contribution is 7.88. The van der Waals surface area contributed by atoms with Crippen LogP contribution in [-0.4, -0.2) is 60.8 Å². The maximum Gasteiger partial charge on any atom is 0.415 e. The van der Waals surface area contributed by atoms with Gasteiger partial charge in [-0.25, -0.2) is 22.5 Å². The van der Waals surface area contributed by atoms with Gasteiger partial charge in [0, 0.05) is 25.5 Å². The van der Waals surface area contributed by atoms with Gasteiger partial charge >= 0.3 is 6.09 Å². The largest absolute Gasteiger partial charge is 0.447 e. The van der Waals surface area contributed by atoms with Crippen molar-refractivity contribution in [2.24, 2.45) is 5.92 Å². The van der Waals surface area contributed by atoms with Gasteiger partial charge in [0.15, 0.2) is 5.82 Å². The fourth-order valence-electron chi connectivity index (χ4n) is 3.23. The number of hydrogen-bond donors (Lipinski definition) is 0. The van der Waals surface area contributed by atoms with E-state index in [1.165, 1.54) is 10.6 Å². The number of cyclic esters (lactones) is 1. The summed E-state index contributed by atoms with van der Waals surface area (Å²) in [7, 11) is -3.12. The predicted molar refractivity (Wildman–Crippen MR) is 88.2 cm³/mol. The summed E-state index contributed by atoms with van der Waals surface area (Å²) in [5, 5.41) is 0. The van der Waals surface area contributed by atoms with E-state index in [1.807, 2.05) is 6.92 Å². The van der Waals surface area contributed by atoms with Crippen LogP contribution in [0.2, 0.25) is 0 Å². The second kappa shape index (κ2) is 6.64. The third-order valence-corrected chi connectivity index (χ3v) is 5.89. The van der Waals surface area contributed by atoms with Crippen molar-refractivity contribution in [2.45, 2.75) is 32.2 Å². The third kappa shape index (κ3) is 3.51. The number of sulfonamides is 1. The van der Waals surface area contributed by atoms with Crippen LogP contribution in [0.25, 0.3) is 0 Å². The molecule has 0 aliphatic carbocycles. The van der Waals surface area contributed by atoms with Crippen molar-refractivity contribution in [1.29, 1.82) is 0 Å². The average molecular weight is 354 g/mol. The maximum atomic E-state index is 11.9. The summed E-state index contributed by atoms with van der Waals surface area (Å²) in [6.07, 6.45) is 6.29. The lowest BCUT2D eigenvalue weighted by molar-refractivity contribution is 0.179. The monoisotopic (exact) mass is 354 g/mol. The molecule has 2 fully saturated rings. The number of piperidine rings is 1. The fraction of sp³-hybridized carbons (Fsp3) is 0.667. The Morgan fingerprint density at radius 2 is 1.92 bits per heavy atom. The van der Waals surface area contributed by atoms with E-state index in [9.17, 15) is 13.2 Å². The first-order chi connectivity index (χ1) is 11.4. The Kier molecular flexibility index (Phi) is 4.73. The average Bonchev–Trinajstić information content (AvgIpc) is 2.87. The van der Waals surface area contributed by atoms with Gasteiger partial charge in [-0.05, 0) is 32.1 Å². The highest BCUT2D eigenvalue weighted by Gasteiger charge is 2.34. The predicted octanol–water partition coefficient (Wildman–Crippen LogP) is 1.04. The number of anilines is 1. The number of nitrogens with zero attached hydrogens (tertiary/aromatic N) is 4. The van der Waals surface area contributed by atoms with E-state index < -0.39 is 16.1 Å². The van der Waals surface area contributed by atoms with Crippen molar-refractivity contribution in [2.75, 3.05) is 30.9 Å². The molecule has 0 unspecified atom stereocenters. The van der Waals surface area contributed by atoms with Crippen LogP contribution in [0.5, 0.6) is 0 Å². The second-order valence-corrected chi connectivity index (χ2v) is 8.41. The SMILES string of the molecule is C[C@H]1COC(=O)N1c1nccnc1CC1CCN(S(C)(=O)=O)CC1. The molecule has 0 spiro atoms. The molecule has 132 valence electrons. The normalized spacial score (nSPS) is 23.5. The zero-order chi connectivity index (χ0) is 17.3. The van der Waals surface area contributed by atoms with E-state index >= 15 is 0 Å². The molecule has 0 N–H and O–H groups in total. The van der Waals surface area contributed by atoms with E-state index in [4.69, 9.17) is 4.74 Å². The van der Waals surface area contributed by atoms with Gasteiger partial charge in [0.2, 0.25) is 10.0 Å². The van der Waals surface area contributed by atoms with E-state index in [2.05, 4.69) is 9.97 Å². The van der Waals surface area contributed by atoms with Gasteiger partial charge in [0.25, 0.3) is 0 Å². The quantitative estimate of drug-likeness (QED) is 0.802. The van der Waals surface area contributed by atoms with Crippen LogP contribution < -0.4 is 4.90 Å². The number of amides is 1. The Labute approximate surface area is 141 Å². The van der Waals surface area contributed by atoms with Gasteiger partial charge < -0.3 is 4.74 Å². The molecule has 24 heavy (non-hydrogen) atoms. The zero-order valence-corrected chi connectivity index (χ0v) is 14.7. The van der Waals surface area contributed by atoms with Crippen molar-refractivity contribution in [3.63, 3.8) is 0 Å². The first-order valence-corrected chi connectivity index (χ1v) is 9.92. The molecule has 2 aliphatic rings. The van der Waals surface area contributed by atoms with Crippen molar-refractivity contribution < 1.29 is 17.9 Å². The summed E-state index contributed by atoms with van der Waals surface area (Å²) >= 11 is 0. The van der Waals surface area contributed by atoms with Crippen LogP contribution in [-0.2, 0) is 21.2 Å². The van der Waals surface area contributed by atoms with E-state index in [-0.39, 0.29) is 6.04 Å². The number of rotatable bonds is 4. The molecule has 9 heteroatoms. The molecule has 1 aromatic rings. The van der Waals surface area contributed by atoms with E-state index in [0.29, 0.717) is 37.9 Å². The summed E-state index contributed by atoms with van der Waals surface area (Å²) in [6, 6.07) is -0.0694. The minimum atomic E-state index is -3.12. The molecule has 1 amide bonds. The molecule has 1 atom stereocenters. The summed E-state index contributed by atoms with van der Waals surface area (Å²) in [5.74, 6) is 0.880. The molecule has 2 aliphatic heterocycles. The highest BCUT2D eigenvalue weighted by Crippen LogP contribution is 2.28. The lowest BCUT2D eigenvalue weighted by Crippen LogP contribution is -2.38. The van der Waals surface area contributed by atoms with Gasteiger partial charge in [0.05, 0.1) is 18.0 Å². The molecule has 0 aromatic carbocycles. The number of aromatic nitrogens is 2. The summed E-state index contributed by atoms with van der Waals surface area (Å²) in [5.41, 5.74) is 0.765. The van der Waals surface area contributed by atoms with Crippen LogP contribution in [0.3, 0.4) is 0 Å². The molecule has 0 saturated carbocycles. The Bertz CT molecular complexity index is 716. The zero-order valence-electron chi connectivity index (χ0n) is 13.9. The molecule has 3 heterocycles. The summed E-state index contributed by atoms with van der Waals surface area (Å²) < 4.78 is 29.8. The van der Waals surface area contributed by atoms with Crippen LogP contribution in [0.4, 0.5) is 10.6 Å². The Morgan fingerprint density at radius 1 is 1.25 bits per heavy atom. The molecule has 0 radical (unpaired) electrons. The van der Waals surface area contributed by atoms with Crippen LogP contribution in [0, 0.1) is 5.92 Å². The number of carbonyl (C=O) groups excluding carboxylic acids is 1. The van der Waals surface area contributed by atoms with E-state index in [0.717, 1.165) is 18.5 Å². The summed E-state index contributed by atoms with van der Waals surface area (Å²) in [4.78, 5) is 22.2. The van der Waals surface area contributed by atoms with Gasteiger partial charge in [-0.1, -0.05) is 0 Å². The third-order valence-electron chi connectivity index (χ3n) is 4.59. The fourth-order valence-corrected chi connectivity index (χ4v) is 4.11. The van der Waals surface area contributed by atoms with Crippen molar-refractivity contribution in [3.8, 4) is 0 Å². The molecule has 0 bridgehead atoms. The van der Waals surface area contributed by atoms with Crippen molar-refractivity contribution in [1.82, 2.24) is 14.3 Å². The van der Waals surface area contributed by atoms with Gasteiger partial charge in [-0.2, -0.15) is 0 Å². The van der Waals surface area contributed by atoms with Gasteiger partial charge in [-0.15, -0.1) is 0 Å². The number of hydrogen-bond acceptors (Lipinski definition) is 6. The first kappa shape index (κ1) is 17.1. The molecule has 1 aromatic heterocycles. The van der Waals surface area contributed by atoms with E-state index in [1.54, 1.807) is 17.3 Å². The number of ether oxygens (including phenoxy) is 1. The molecule has 3 rings (SSSR count). The second-order valence-electron chi connectivity index (χ2n) is 6.43. The van der Waals surface area contributed by atoms with Crippen LogP contribution >= 0.6 is 0 Å². The van der Waals surface area contributed by atoms with Crippen molar-refractivity contribution in [3.05, 3.63) is 18.1 Å². The highest BCUT2D eigenvalue weighted by atomic mass is 32.2. The van der Waals surface area contributed by atoms with Crippen LogP contribution in [0.1, 0.15) is 25.5 Å². The molecular weight excluding hydrogens is 332 g/mol. The minimum absolute atomic E-state index is 0.0694. The Morgan fingerprint density at radius 3 is 2.50 bits per heavy atom. The topological polar surface area (TPSA) is 92.7 Å². The van der Waals surface area contributed by atoms with Crippen LogP contribution in [0.15, 0.2) is 12.4 Å². The first-order valence-electron chi connectivity index (χ1n) is 8.07. The van der Waals surface area contributed by atoms with Gasteiger partial charge in [-0.3, -0.25) is 9.88 Å². The number of carbonyl (C=O) groups is 1.